The molecular formula is C17H19ClN2O. The van der Waals surface area contributed by atoms with Crippen molar-refractivity contribution in [2.45, 2.75) is 45.6 Å². The molecule has 1 aliphatic carbocycles. The Morgan fingerprint density at radius 3 is 2.57 bits per heavy atom. The quantitative estimate of drug-likeness (QED) is 0.767. The van der Waals surface area contributed by atoms with E-state index in [9.17, 15) is 4.79 Å². The minimum absolute atomic E-state index is 0.419. The van der Waals surface area contributed by atoms with Gasteiger partial charge >= 0.3 is 0 Å². The van der Waals surface area contributed by atoms with E-state index >= 15 is 0 Å². The number of aldehydes is 1. The van der Waals surface area contributed by atoms with Gasteiger partial charge in [-0.2, -0.15) is 5.10 Å². The fourth-order valence-corrected chi connectivity index (χ4v) is 3.33. The normalized spacial score (nSPS) is 15.6. The molecule has 1 aliphatic rings. The van der Waals surface area contributed by atoms with Gasteiger partial charge in [-0.1, -0.05) is 24.4 Å². The Kier molecular flexibility index (Phi) is 3.85. The Balaban J connectivity index is 2.09. The van der Waals surface area contributed by atoms with E-state index in [4.69, 9.17) is 11.6 Å². The van der Waals surface area contributed by atoms with E-state index in [1.807, 2.05) is 36.9 Å². The largest absolute Gasteiger partial charge is 0.298 e. The van der Waals surface area contributed by atoms with Gasteiger partial charge in [0.2, 0.25) is 0 Å². The number of benzene rings is 1. The highest BCUT2D eigenvalue weighted by molar-refractivity contribution is 6.33. The molecule has 0 radical (unpaired) electrons. The smallest absolute Gasteiger partial charge is 0.153 e. The molecule has 110 valence electrons. The molecule has 1 fully saturated rings. The molecule has 2 aromatic rings. The molecule has 0 amide bonds. The second-order valence-electron chi connectivity index (χ2n) is 5.89. The molecule has 0 unspecified atom stereocenters. The maximum atomic E-state index is 11.4. The Hall–Kier alpha value is -1.61. The van der Waals surface area contributed by atoms with Gasteiger partial charge in [-0.15, -0.1) is 0 Å². The molecule has 1 aromatic carbocycles. The van der Waals surface area contributed by atoms with Crippen molar-refractivity contribution in [3.63, 3.8) is 0 Å². The number of nitrogens with zero attached hydrogens (tertiary/aromatic N) is 2. The average molecular weight is 303 g/mol. The third-order valence-electron chi connectivity index (χ3n) is 4.42. The Morgan fingerprint density at radius 2 is 1.90 bits per heavy atom. The summed E-state index contributed by atoms with van der Waals surface area (Å²) in [6.45, 7) is 4.08. The van der Waals surface area contributed by atoms with Gasteiger partial charge in [-0.25, -0.2) is 0 Å². The van der Waals surface area contributed by atoms with Crippen molar-refractivity contribution in [1.82, 2.24) is 9.78 Å². The van der Waals surface area contributed by atoms with Crippen molar-refractivity contribution in [1.29, 1.82) is 0 Å². The number of hydrogen-bond donors (Lipinski definition) is 0. The highest BCUT2D eigenvalue weighted by Gasteiger charge is 2.21. The molecular weight excluding hydrogens is 284 g/mol. The molecule has 3 rings (SSSR count). The van der Waals surface area contributed by atoms with Gasteiger partial charge in [0.15, 0.2) is 6.29 Å². The van der Waals surface area contributed by atoms with E-state index in [1.54, 1.807) is 0 Å². The van der Waals surface area contributed by atoms with E-state index in [0.717, 1.165) is 35.8 Å². The van der Waals surface area contributed by atoms with E-state index in [1.165, 1.54) is 12.8 Å². The van der Waals surface area contributed by atoms with Crippen LogP contribution in [0.25, 0.3) is 11.3 Å². The van der Waals surface area contributed by atoms with Crippen molar-refractivity contribution in [3.05, 3.63) is 40.0 Å². The van der Waals surface area contributed by atoms with Crippen LogP contribution in [0.5, 0.6) is 0 Å². The fourth-order valence-electron chi connectivity index (χ4n) is 3.02. The van der Waals surface area contributed by atoms with Gasteiger partial charge in [-0.3, -0.25) is 9.48 Å². The number of aromatic nitrogens is 2. The molecule has 1 aromatic heterocycles. The maximum Gasteiger partial charge on any atom is 0.153 e. The van der Waals surface area contributed by atoms with Gasteiger partial charge in [-0.05, 0) is 49.9 Å². The predicted octanol–water partition coefficient (Wildman–Crippen LogP) is 4.75. The molecule has 3 nitrogen and oxygen atoms in total. The van der Waals surface area contributed by atoms with Crippen molar-refractivity contribution in [2.75, 3.05) is 0 Å². The first-order chi connectivity index (χ1) is 10.1. The first-order valence-electron chi connectivity index (χ1n) is 7.41. The van der Waals surface area contributed by atoms with Crippen LogP contribution in [-0.4, -0.2) is 16.1 Å². The molecule has 4 heteroatoms. The first kappa shape index (κ1) is 14.3. The fraction of sp³-hybridized carbons (Fsp3) is 0.412. The highest BCUT2D eigenvalue weighted by Crippen LogP contribution is 2.34. The van der Waals surface area contributed by atoms with Crippen LogP contribution in [0.3, 0.4) is 0 Å². The van der Waals surface area contributed by atoms with Crippen LogP contribution in [0.1, 0.15) is 53.2 Å². The molecule has 0 N–H and O–H groups in total. The summed E-state index contributed by atoms with van der Waals surface area (Å²) in [6, 6.07) is 4.38. The zero-order valence-corrected chi connectivity index (χ0v) is 13.2. The van der Waals surface area contributed by atoms with Gasteiger partial charge < -0.3 is 0 Å². The van der Waals surface area contributed by atoms with Crippen LogP contribution in [0.15, 0.2) is 18.3 Å². The van der Waals surface area contributed by atoms with Gasteiger partial charge in [0.1, 0.15) is 5.69 Å². The summed E-state index contributed by atoms with van der Waals surface area (Å²) in [5, 5.41) is 5.32. The van der Waals surface area contributed by atoms with Crippen LogP contribution < -0.4 is 0 Å². The van der Waals surface area contributed by atoms with Crippen LogP contribution >= 0.6 is 11.6 Å². The lowest BCUT2D eigenvalue weighted by atomic mass is 10.0. The zero-order chi connectivity index (χ0) is 15.0. The van der Waals surface area contributed by atoms with Crippen molar-refractivity contribution >= 4 is 17.9 Å². The number of rotatable bonds is 3. The number of hydrogen-bond acceptors (Lipinski definition) is 2. The third-order valence-corrected chi connectivity index (χ3v) is 4.74. The number of carbonyl (C=O) groups excluding carboxylic acids is 1. The summed E-state index contributed by atoms with van der Waals surface area (Å²) < 4.78 is 1.96. The number of halogens is 1. The monoisotopic (exact) mass is 302 g/mol. The van der Waals surface area contributed by atoms with Crippen molar-refractivity contribution in [2.24, 2.45) is 0 Å². The van der Waals surface area contributed by atoms with Crippen LogP contribution in [0.2, 0.25) is 5.02 Å². The Bertz CT molecular complexity index is 684. The minimum atomic E-state index is 0.419. The second-order valence-corrected chi connectivity index (χ2v) is 6.29. The van der Waals surface area contributed by atoms with Crippen LogP contribution in [0, 0.1) is 13.8 Å². The number of carbonyl (C=O) groups is 1. The summed E-state index contributed by atoms with van der Waals surface area (Å²) in [5.74, 6) is 0. The zero-order valence-electron chi connectivity index (χ0n) is 12.4. The van der Waals surface area contributed by atoms with Gasteiger partial charge in [0, 0.05) is 11.8 Å². The van der Waals surface area contributed by atoms with Gasteiger partial charge in [0.25, 0.3) is 0 Å². The SMILES string of the molecule is Cc1cc(Cl)c(-c2nn(C3CCCC3)cc2C=O)cc1C. The first-order valence-corrected chi connectivity index (χ1v) is 7.79. The molecule has 0 bridgehead atoms. The topological polar surface area (TPSA) is 34.9 Å². The van der Waals surface area contributed by atoms with E-state index in [-0.39, 0.29) is 0 Å². The Labute approximate surface area is 129 Å². The number of aryl methyl sites for hydroxylation is 2. The standard InChI is InChI=1S/C17H19ClN2O/c1-11-7-15(16(18)8-12(11)2)17-13(10-21)9-20(19-17)14-5-3-4-6-14/h7-10,14H,3-6H2,1-2H3. The summed E-state index contributed by atoms with van der Waals surface area (Å²) in [5.41, 5.74) is 4.46. The molecule has 1 saturated carbocycles. The molecule has 0 atom stereocenters. The molecule has 0 saturated heterocycles. The summed E-state index contributed by atoms with van der Waals surface area (Å²) in [7, 11) is 0. The second kappa shape index (κ2) is 5.64. The molecule has 0 aliphatic heterocycles. The Morgan fingerprint density at radius 1 is 1.24 bits per heavy atom. The van der Waals surface area contributed by atoms with Crippen LogP contribution in [-0.2, 0) is 0 Å². The van der Waals surface area contributed by atoms with Crippen molar-refractivity contribution < 1.29 is 4.79 Å². The average Bonchev–Trinajstić information content (AvgIpc) is 3.11. The predicted molar refractivity (Wildman–Crippen MR) is 85.0 cm³/mol. The summed E-state index contributed by atoms with van der Waals surface area (Å²) in [6.07, 6.45) is 7.49. The van der Waals surface area contributed by atoms with Crippen LogP contribution in [0.4, 0.5) is 0 Å². The molecule has 1 heterocycles. The lowest BCUT2D eigenvalue weighted by molar-refractivity contribution is 0.112. The third kappa shape index (κ3) is 2.62. The van der Waals surface area contributed by atoms with E-state index in [2.05, 4.69) is 5.10 Å². The lowest BCUT2D eigenvalue weighted by Gasteiger charge is -2.09. The van der Waals surface area contributed by atoms with Gasteiger partial charge in [0.05, 0.1) is 16.6 Å². The molecule has 21 heavy (non-hydrogen) atoms. The minimum Gasteiger partial charge on any atom is -0.298 e. The highest BCUT2D eigenvalue weighted by atomic mass is 35.5. The lowest BCUT2D eigenvalue weighted by Crippen LogP contribution is -2.05. The summed E-state index contributed by atoms with van der Waals surface area (Å²) >= 11 is 6.37. The van der Waals surface area contributed by atoms with E-state index in [0.29, 0.717) is 22.3 Å². The van der Waals surface area contributed by atoms with Crippen molar-refractivity contribution in [3.8, 4) is 11.3 Å². The van der Waals surface area contributed by atoms with E-state index < -0.39 is 0 Å². The molecule has 0 spiro atoms. The summed E-state index contributed by atoms with van der Waals surface area (Å²) in [4.78, 5) is 11.4. The maximum absolute atomic E-state index is 11.4.